The minimum Gasteiger partial charge on any atom is -0.479 e. The predicted molar refractivity (Wildman–Crippen MR) is 120 cm³/mol. The molecule has 0 bridgehead atoms. The SMILES string of the molecule is Cc1nc2ccc(Br)cc2c(=O)n1N=Cc1cc(Br)c(O[C@@H](C)C(=O)O)c([N+](=O)[O-])c1. The number of rotatable bonds is 6. The topological polar surface area (TPSA) is 137 Å². The highest BCUT2D eigenvalue weighted by atomic mass is 79.9. The third kappa shape index (κ3) is 4.80. The average molecular weight is 554 g/mol. The van der Waals surface area contributed by atoms with Crippen LogP contribution in [-0.4, -0.2) is 38.0 Å². The Hall–Kier alpha value is -3.12. The summed E-state index contributed by atoms with van der Waals surface area (Å²) in [6.07, 6.45) is -0.0269. The highest BCUT2D eigenvalue weighted by molar-refractivity contribution is 9.10. The normalized spacial score (nSPS) is 12.3. The number of aromatic nitrogens is 2. The molecule has 1 atom stereocenters. The summed E-state index contributed by atoms with van der Waals surface area (Å²) in [7, 11) is 0. The molecule has 0 aliphatic heterocycles. The monoisotopic (exact) mass is 552 g/mol. The quantitative estimate of drug-likeness (QED) is 0.278. The van der Waals surface area contributed by atoms with Gasteiger partial charge in [-0.05, 0) is 54.0 Å². The second-order valence-electron chi connectivity index (χ2n) is 6.39. The lowest BCUT2D eigenvalue weighted by Crippen LogP contribution is -2.23. The number of nitro benzene ring substituents is 1. The molecule has 0 unspecified atom stereocenters. The molecule has 1 N–H and O–H groups in total. The molecule has 31 heavy (non-hydrogen) atoms. The number of carboxylic acid groups (broad SMARTS) is 1. The zero-order chi connectivity index (χ0) is 22.9. The van der Waals surface area contributed by atoms with E-state index < -0.39 is 28.2 Å². The Morgan fingerprint density at radius 2 is 2.06 bits per heavy atom. The van der Waals surface area contributed by atoms with E-state index in [0.717, 1.165) is 4.68 Å². The van der Waals surface area contributed by atoms with E-state index in [9.17, 15) is 19.7 Å². The van der Waals surface area contributed by atoms with Crippen molar-refractivity contribution in [1.82, 2.24) is 9.66 Å². The molecule has 0 radical (unpaired) electrons. The summed E-state index contributed by atoms with van der Waals surface area (Å²) in [6.45, 7) is 2.87. The van der Waals surface area contributed by atoms with Gasteiger partial charge in [-0.2, -0.15) is 9.78 Å². The number of hydrogen-bond acceptors (Lipinski definition) is 7. The number of carbonyl (C=O) groups is 1. The van der Waals surface area contributed by atoms with E-state index in [1.807, 2.05) is 0 Å². The minimum atomic E-state index is -1.29. The molecule has 1 heterocycles. The van der Waals surface area contributed by atoms with Gasteiger partial charge in [0.2, 0.25) is 5.75 Å². The maximum atomic E-state index is 12.8. The van der Waals surface area contributed by atoms with E-state index in [1.54, 1.807) is 25.1 Å². The third-order valence-corrected chi connectivity index (χ3v) is 5.26. The first-order chi connectivity index (χ1) is 14.6. The Morgan fingerprint density at radius 1 is 1.35 bits per heavy atom. The largest absolute Gasteiger partial charge is 0.479 e. The van der Waals surface area contributed by atoms with Gasteiger partial charge in [0.15, 0.2) is 6.10 Å². The van der Waals surface area contributed by atoms with Gasteiger partial charge in [0.05, 0.1) is 26.5 Å². The fourth-order valence-electron chi connectivity index (χ4n) is 2.67. The van der Waals surface area contributed by atoms with Crippen LogP contribution in [0.3, 0.4) is 0 Å². The Labute approximate surface area is 191 Å². The molecule has 0 fully saturated rings. The third-order valence-electron chi connectivity index (χ3n) is 4.18. The number of hydrogen-bond donors (Lipinski definition) is 1. The summed E-state index contributed by atoms with van der Waals surface area (Å²) in [4.78, 5) is 39.0. The van der Waals surface area contributed by atoms with Crippen LogP contribution >= 0.6 is 31.9 Å². The molecule has 0 spiro atoms. The number of carboxylic acids is 1. The molecule has 0 saturated carbocycles. The van der Waals surface area contributed by atoms with E-state index in [0.29, 0.717) is 21.2 Å². The molecule has 12 heteroatoms. The second-order valence-corrected chi connectivity index (χ2v) is 8.16. The highest BCUT2D eigenvalue weighted by Gasteiger charge is 2.24. The first-order valence-electron chi connectivity index (χ1n) is 8.69. The van der Waals surface area contributed by atoms with E-state index in [1.165, 1.54) is 25.3 Å². The standard InChI is InChI=1S/C19H14Br2N4O6/c1-9(19(27)28)31-17-14(21)5-11(6-16(17)25(29)30)8-22-24-10(2)23-15-4-3-12(20)7-13(15)18(24)26/h3-9H,1-2H3,(H,27,28)/t9-/m0/s1. The van der Waals surface area contributed by atoms with E-state index in [4.69, 9.17) is 9.84 Å². The summed E-state index contributed by atoms with van der Waals surface area (Å²) in [5.74, 6) is -1.15. The number of aryl methyl sites for hydroxylation is 1. The number of fused-ring (bicyclic) bond motifs is 1. The Morgan fingerprint density at radius 3 is 2.71 bits per heavy atom. The van der Waals surface area contributed by atoms with Gasteiger partial charge in [-0.25, -0.2) is 9.78 Å². The van der Waals surface area contributed by atoms with Crippen molar-refractivity contribution in [3.8, 4) is 5.75 Å². The maximum absolute atomic E-state index is 12.8. The second kappa shape index (κ2) is 8.94. The van der Waals surface area contributed by atoms with Crippen molar-refractivity contribution in [3.63, 3.8) is 0 Å². The molecular weight excluding hydrogens is 540 g/mol. The molecule has 10 nitrogen and oxygen atoms in total. The minimum absolute atomic E-state index is 0.167. The number of aliphatic carboxylic acids is 1. The number of benzene rings is 2. The lowest BCUT2D eigenvalue weighted by molar-refractivity contribution is -0.386. The van der Waals surface area contributed by atoms with Crippen molar-refractivity contribution >= 4 is 60.6 Å². The van der Waals surface area contributed by atoms with Gasteiger partial charge in [-0.1, -0.05) is 15.9 Å². The van der Waals surface area contributed by atoms with Gasteiger partial charge in [-0.15, -0.1) is 0 Å². The van der Waals surface area contributed by atoms with Crippen LogP contribution in [0.25, 0.3) is 10.9 Å². The van der Waals surface area contributed by atoms with Crippen molar-refractivity contribution < 1.29 is 19.6 Å². The predicted octanol–water partition coefficient (Wildman–Crippen LogP) is 3.87. The summed E-state index contributed by atoms with van der Waals surface area (Å²) in [5, 5.41) is 25.0. The summed E-state index contributed by atoms with van der Waals surface area (Å²) in [5.41, 5.74) is -0.0449. The lowest BCUT2D eigenvalue weighted by atomic mass is 10.2. The van der Waals surface area contributed by atoms with Crippen LogP contribution in [-0.2, 0) is 4.79 Å². The fraction of sp³-hybridized carbons (Fsp3) is 0.158. The zero-order valence-corrected chi connectivity index (χ0v) is 19.2. The molecule has 3 aromatic rings. The van der Waals surface area contributed by atoms with Crippen molar-refractivity contribution in [2.24, 2.45) is 5.10 Å². The molecular formula is C19H14Br2N4O6. The number of nitro groups is 1. The zero-order valence-electron chi connectivity index (χ0n) is 16.1. The smallest absolute Gasteiger partial charge is 0.344 e. The van der Waals surface area contributed by atoms with Gasteiger partial charge in [0.25, 0.3) is 5.56 Å². The van der Waals surface area contributed by atoms with Crippen LogP contribution in [0.1, 0.15) is 18.3 Å². The summed E-state index contributed by atoms with van der Waals surface area (Å²) >= 11 is 6.48. The van der Waals surface area contributed by atoms with Gasteiger partial charge in [-0.3, -0.25) is 14.9 Å². The summed E-state index contributed by atoms with van der Waals surface area (Å²) < 4.78 is 7.18. The van der Waals surface area contributed by atoms with Crippen LogP contribution in [0.2, 0.25) is 0 Å². The number of ether oxygens (including phenoxy) is 1. The van der Waals surface area contributed by atoms with E-state index in [-0.39, 0.29) is 15.8 Å². The highest BCUT2D eigenvalue weighted by Crippen LogP contribution is 2.36. The van der Waals surface area contributed by atoms with Crippen molar-refractivity contribution in [3.05, 3.63) is 71.1 Å². The number of nitrogens with zero attached hydrogens (tertiary/aromatic N) is 4. The Kier molecular flexibility index (Phi) is 6.51. The van der Waals surface area contributed by atoms with E-state index >= 15 is 0 Å². The van der Waals surface area contributed by atoms with Crippen molar-refractivity contribution in [1.29, 1.82) is 0 Å². The maximum Gasteiger partial charge on any atom is 0.344 e. The number of halogens is 2. The van der Waals surface area contributed by atoms with E-state index in [2.05, 4.69) is 41.9 Å². The molecule has 0 amide bonds. The van der Waals surface area contributed by atoms with Crippen LogP contribution in [0.4, 0.5) is 5.69 Å². The van der Waals surface area contributed by atoms with Gasteiger partial charge < -0.3 is 9.84 Å². The first kappa shape index (κ1) is 22.6. The van der Waals surface area contributed by atoms with Gasteiger partial charge in [0.1, 0.15) is 5.82 Å². The first-order valence-corrected chi connectivity index (χ1v) is 10.3. The molecule has 2 aromatic carbocycles. The molecule has 1 aromatic heterocycles. The lowest BCUT2D eigenvalue weighted by Gasteiger charge is -2.12. The van der Waals surface area contributed by atoms with Gasteiger partial charge >= 0.3 is 11.7 Å². The Bertz CT molecular complexity index is 1300. The molecule has 160 valence electrons. The Balaban J connectivity index is 2.06. The average Bonchev–Trinajstić information content (AvgIpc) is 2.69. The van der Waals surface area contributed by atoms with Crippen LogP contribution < -0.4 is 10.3 Å². The molecule has 0 aliphatic carbocycles. The van der Waals surface area contributed by atoms with Crippen molar-refractivity contribution in [2.75, 3.05) is 0 Å². The molecule has 0 aliphatic rings. The van der Waals surface area contributed by atoms with Crippen LogP contribution in [0.15, 0.2) is 49.2 Å². The van der Waals surface area contributed by atoms with Crippen molar-refractivity contribution in [2.45, 2.75) is 20.0 Å². The van der Waals surface area contributed by atoms with Gasteiger partial charge in [0, 0.05) is 16.1 Å². The summed E-state index contributed by atoms with van der Waals surface area (Å²) in [6, 6.07) is 7.75. The van der Waals surface area contributed by atoms with Crippen LogP contribution in [0, 0.1) is 17.0 Å². The molecule has 3 rings (SSSR count). The fourth-order valence-corrected chi connectivity index (χ4v) is 3.60. The molecule has 0 saturated heterocycles. The van der Waals surface area contributed by atoms with Crippen LogP contribution in [0.5, 0.6) is 5.75 Å².